The Labute approximate surface area is 271 Å². The second-order valence-electron chi connectivity index (χ2n) is 11.6. The Bertz CT molecular complexity index is 2490. The van der Waals surface area contributed by atoms with Crippen molar-refractivity contribution in [3.8, 4) is 56.4 Å². The summed E-state index contributed by atoms with van der Waals surface area (Å²) in [6, 6.07) is 56.4. The molecule has 0 aliphatic heterocycles. The summed E-state index contributed by atoms with van der Waals surface area (Å²) in [5, 5.41) is 4.49. The first-order chi connectivity index (χ1) is 23.3. The number of furan rings is 1. The molecule has 0 atom stereocenters. The van der Waals surface area contributed by atoms with Gasteiger partial charge in [0, 0.05) is 27.5 Å². The first-order valence-electron chi connectivity index (χ1n) is 15.7. The van der Waals surface area contributed by atoms with Crippen LogP contribution in [-0.4, -0.2) is 15.0 Å². The van der Waals surface area contributed by atoms with Gasteiger partial charge >= 0.3 is 0 Å². The van der Waals surface area contributed by atoms with E-state index in [1.807, 2.05) is 78.9 Å². The molecule has 9 aromatic rings. The lowest BCUT2D eigenvalue weighted by Gasteiger charge is -2.12. The van der Waals surface area contributed by atoms with Gasteiger partial charge in [-0.3, -0.25) is 0 Å². The van der Waals surface area contributed by atoms with Crippen molar-refractivity contribution in [3.05, 3.63) is 164 Å². The first kappa shape index (κ1) is 27.0. The van der Waals surface area contributed by atoms with E-state index in [0.717, 1.165) is 49.8 Å². The number of fused-ring (bicyclic) bond motifs is 4. The van der Waals surface area contributed by atoms with Crippen LogP contribution < -0.4 is 0 Å². The van der Waals surface area contributed by atoms with Gasteiger partial charge in [0.15, 0.2) is 17.5 Å². The monoisotopic (exact) mass is 601 g/mol. The van der Waals surface area contributed by atoms with Gasteiger partial charge in [0.2, 0.25) is 0 Å². The van der Waals surface area contributed by atoms with Crippen LogP contribution in [-0.2, 0) is 0 Å². The van der Waals surface area contributed by atoms with Crippen molar-refractivity contribution in [1.29, 1.82) is 0 Å². The number of hydrogen-bond acceptors (Lipinski definition) is 4. The van der Waals surface area contributed by atoms with Crippen LogP contribution in [0.1, 0.15) is 0 Å². The van der Waals surface area contributed by atoms with Crippen molar-refractivity contribution in [3.63, 3.8) is 0 Å². The molecule has 220 valence electrons. The maximum absolute atomic E-state index is 6.48. The summed E-state index contributed by atoms with van der Waals surface area (Å²) in [6.45, 7) is 0. The number of nitrogens with zero attached hydrogens (tertiary/aromatic N) is 3. The van der Waals surface area contributed by atoms with Gasteiger partial charge in [-0.2, -0.15) is 0 Å². The Balaban J connectivity index is 1.25. The lowest BCUT2D eigenvalue weighted by molar-refractivity contribution is 0.669. The van der Waals surface area contributed by atoms with Crippen LogP contribution in [0.2, 0.25) is 0 Å². The van der Waals surface area contributed by atoms with Crippen molar-refractivity contribution in [2.45, 2.75) is 0 Å². The van der Waals surface area contributed by atoms with Crippen molar-refractivity contribution < 1.29 is 4.42 Å². The van der Waals surface area contributed by atoms with Crippen LogP contribution in [0.15, 0.2) is 168 Å². The average Bonchev–Trinajstić information content (AvgIpc) is 3.53. The van der Waals surface area contributed by atoms with E-state index in [0.29, 0.717) is 17.5 Å². The molecule has 0 aliphatic carbocycles. The van der Waals surface area contributed by atoms with Crippen LogP contribution in [0.5, 0.6) is 0 Å². The molecule has 2 heterocycles. The second kappa shape index (κ2) is 11.2. The Morgan fingerprint density at radius 1 is 0.340 bits per heavy atom. The molecule has 9 rings (SSSR count). The van der Waals surface area contributed by atoms with Crippen LogP contribution in [0.3, 0.4) is 0 Å². The number of aromatic nitrogens is 3. The number of rotatable bonds is 5. The van der Waals surface area contributed by atoms with Crippen molar-refractivity contribution in [2.24, 2.45) is 0 Å². The summed E-state index contributed by atoms with van der Waals surface area (Å²) in [5.74, 6) is 1.85. The quantitative estimate of drug-likeness (QED) is 0.197. The Morgan fingerprint density at radius 2 is 0.915 bits per heavy atom. The molecule has 0 saturated heterocycles. The molecule has 0 spiro atoms. The predicted octanol–water partition coefficient (Wildman–Crippen LogP) is 11.3. The molecule has 0 fully saturated rings. The van der Waals surface area contributed by atoms with Gasteiger partial charge < -0.3 is 4.42 Å². The highest BCUT2D eigenvalue weighted by atomic mass is 16.3. The van der Waals surface area contributed by atoms with E-state index < -0.39 is 0 Å². The van der Waals surface area contributed by atoms with Crippen LogP contribution >= 0.6 is 0 Å². The van der Waals surface area contributed by atoms with E-state index in [-0.39, 0.29) is 0 Å². The molecule has 7 aromatic carbocycles. The fourth-order valence-corrected chi connectivity index (χ4v) is 6.45. The lowest BCUT2D eigenvalue weighted by atomic mass is 9.94. The normalized spacial score (nSPS) is 11.4. The molecule has 0 bridgehead atoms. The summed E-state index contributed by atoms with van der Waals surface area (Å²) in [4.78, 5) is 15.1. The predicted molar refractivity (Wildman–Crippen MR) is 192 cm³/mol. The fourth-order valence-electron chi connectivity index (χ4n) is 6.45. The molecule has 2 aromatic heterocycles. The zero-order valence-electron chi connectivity index (χ0n) is 25.3. The minimum atomic E-state index is 0.600. The third-order valence-corrected chi connectivity index (χ3v) is 8.74. The van der Waals surface area contributed by atoms with Gasteiger partial charge in [0.05, 0.1) is 0 Å². The number of para-hydroxylation sites is 1. The van der Waals surface area contributed by atoms with E-state index in [9.17, 15) is 0 Å². The van der Waals surface area contributed by atoms with E-state index >= 15 is 0 Å². The fraction of sp³-hybridized carbons (Fsp3) is 0. The third kappa shape index (κ3) is 4.84. The Morgan fingerprint density at radius 3 is 1.64 bits per heavy atom. The van der Waals surface area contributed by atoms with E-state index in [4.69, 9.17) is 19.4 Å². The second-order valence-corrected chi connectivity index (χ2v) is 11.6. The topological polar surface area (TPSA) is 51.8 Å². The highest BCUT2D eigenvalue weighted by molar-refractivity contribution is 6.13. The minimum Gasteiger partial charge on any atom is -0.456 e. The van der Waals surface area contributed by atoms with Gasteiger partial charge in [0.25, 0.3) is 0 Å². The number of hydrogen-bond donors (Lipinski definition) is 0. The average molecular weight is 602 g/mol. The molecule has 0 radical (unpaired) electrons. The van der Waals surface area contributed by atoms with Gasteiger partial charge in [-0.05, 0) is 51.2 Å². The van der Waals surface area contributed by atoms with Gasteiger partial charge in [0.1, 0.15) is 11.2 Å². The largest absolute Gasteiger partial charge is 0.456 e. The van der Waals surface area contributed by atoms with Gasteiger partial charge in [-0.15, -0.1) is 0 Å². The molecule has 0 aliphatic rings. The van der Waals surface area contributed by atoms with Gasteiger partial charge in [-0.25, -0.2) is 15.0 Å². The highest BCUT2D eigenvalue weighted by Crippen LogP contribution is 2.40. The molecule has 0 amide bonds. The summed E-state index contributed by atoms with van der Waals surface area (Å²) < 4.78 is 6.48. The smallest absolute Gasteiger partial charge is 0.164 e. The molecule has 0 saturated carbocycles. The number of benzene rings is 7. The van der Waals surface area contributed by atoms with Crippen molar-refractivity contribution in [1.82, 2.24) is 15.0 Å². The zero-order valence-corrected chi connectivity index (χ0v) is 25.3. The summed E-state index contributed by atoms with van der Waals surface area (Å²) >= 11 is 0. The molecule has 0 unspecified atom stereocenters. The zero-order chi connectivity index (χ0) is 31.2. The molecule has 47 heavy (non-hydrogen) atoms. The highest BCUT2D eigenvalue weighted by Gasteiger charge is 2.19. The summed E-state index contributed by atoms with van der Waals surface area (Å²) in [7, 11) is 0. The SMILES string of the molecule is c1ccc(-c2nc(-c3ccccc3)nc(-c3cc(-c4ccc(-c5cccc6ccccc56)cc4)cc4oc5ccccc5c34)n2)cc1. The van der Waals surface area contributed by atoms with Crippen molar-refractivity contribution in [2.75, 3.05) is 0 Å². The van der Waals surface area contributed by atoms with E-state index in [2.05, 4.69) is 84.9 Å². The molecule has 0 N–H and O–H groups in total. The minimum absolute atomic E-state index is 0.600. The molecule has 4 heteroatoms. The van der Waals surface area contributed by atoms with Gasteiger partial charge in [-0.1, -0.05) is 146 Å². The maximum atomic E-state index is 6.48. The van der Waals surface area contributed by atoms with E-state index in [1.54, 1.807) is 0 Å². The Kier molecular flexibility index (Phi) is 6.43. The third-order valence-electron chi connectivity index (χ3n) is 8.74. The summed E-state index contributed by atoms with van der Waals surface area (Å²) in [6.07, 6.45) is 0. The standard InChI is InChI=1S/C43H27N3O/c1-3-13-31(14-4-1)41-44-42(32-15-5-2-6-16-32)46-43(45-41)37-26-33(27-39-40(37)36-19-9-10-21-38(36)47-39)28-22-24-30(25-23-28)35-20-11-17-29-12-7-8-18-34(29)35/h1-27H. The lowest BCUT2D eigenvalue weighted by Crippen LogP contribution is -2.00. The summed E-state index contributed by atoms with van der Waals surface area (Å²) in [5.41, 5.74) is 8.88. The maximum Gasteiger partial charge on any atom is 0.164 e. The molecule has 4 nitrogen and oxygen atoms in total. The first-order valence-corrected chi connectivity index (χ1v) is 15.7. The molecular weight excluding hydrogens is 574 g/mol. The van der Waals surface area contributed by atoms with E-state index in [1.165, 1.54) is 21.9 Å². The van der Waals surface area contributed by atoms with Crippen LogP contribution in [0.4, 0.5) is 0 Å². The van der Waals surface area contributed by atoms with Crippen LogP contribution in [0.25, 0.3) is 89.1 Å². The molecular formula is C43H27N3O. The van der Waals surface area contributed by atoms with Crippen molar-refractivity contribution >= 4 is 32.7 Å². The van der Waals surface area contributed by atoms with Crippen LogP contribution in [0, 0.1) is 0 Å². The Hall–Kier alpha value is -6.39.